The van der Waals surface area contributed by atoms with E-state index in [-0.39, 0.29) is 11.8 Å². The summed E-state index contributed by atoms with van der Waals surface area (Å²) in [5.74, 6) is 0.595. The van der Waals surface area contributed by atoms with Gasteiger partial charge in [0.15, 0.2) is 0 Å². The minimum Gasteiger partial charge on any atom is -0.330 e. The van der Waals surface area contributed by atoms with E-state index in [2.05, 4.69) is 4.98 Å². The van der Waals surface area contributed by atoms with Gasteiger partial charge in [-0.15, -0.1) is 0 Å². The highest BCUT2D eigenvalue weighted by molar-refractivity contribution is 5.94. The van der Waals surface area contributed by atoms with Gasteiger partial charge >= 0.3 is 0 Å². The van der Waals surface area contributed by atoms with Gasteiger partial charge in [-0.05, 0) is 37.4 Å². The monoisotopic (exact) mass is 247 g/mol. The molecule has 0 radical (unpaired) electrons. The Bertz CT molecular complexity index is 393. The molecule has 1 fully saturated rings. The molecule has 0 aromatic carbocycles. The van der Waals surface area contributed by atoms with Crippen LogP contribution in [-0.2, 0) is 4.79 Å². The van der Waals surface area contributed by atoms with E-state index in [0.29, 0.717) is 12.5 Å². The third kappa shape index (κ3) is 2.70. The van der Waals surface area contributed by atoms with Gasteiger partial charge in [-0.1, -0.05) is 12.8 Å². The molecular formula is C14H21N3O. The average Bonchev–Trinajstić information content (AvgIpc) is 2.46. The zero-order valence-electron chi connectivity index (χ0n) is 10.9. The third-order valence-electron chi connectivity index (χ3n) is 3.89. The van der Waals surface area contributed by atoms with E-state index >= 15 is 0 Å². The third-order valence-corrected chi connectivity index (χ3v) is 3.89. The second kappa shape index (κ2) is 5.96. The molecule has 0 saturated heterocycles. The van der Waals surface area contributed by atoms with E-state index < -0.39 is 0 Å². The fourth-order valence-corrected chi connectivity index (χ4v) is 2.74. The number of nitrogens with two attached hydrogens (primary N) is 1. The molecule has 4 heteroatoms. The topological polar surface area (TPSA) is 59.2 Å². The summed E-state index contributed by atoms with van der Waals surface area (Å²) in [5.41, 5.74) is 6.64. The zero-order valence-corrected chi connectivity index (χ0v) is 10.9. The van der Waals surface area contributed by atoms with Crippen LogP contribution in [0.1, 0.15) is 25.7 Å². The highest BCUT2D eigenvalue weighted by Gasteiger charge is 2.32. The molecule has 0 spiro atoms. The minimum atomic E-state index is 0.0777. The summed E-state index contributed by atoms with van der Waals surface area (Å²) in [6, 6.07) is 3.76. The highest BCUT2D eigenvalue weighted by Crippen LogP contribution is 2.31. The van der Waals surface area contributed by atoms with Crippen molar-refractivity contribution in [2.45, 2.75) is 25.7 Å². The molecule has 1 aromatic rings. The van der Waals surface area contributed by atoms with Gasteiger partial charge in [0.25, 0.3) is 0 Å². The van der Waals surface area contributed by atoms with Crippen molar-refractivity contribution < 1.29 is 4.79 Å². The molecule has 0 bridgehead atoms. The Hall–Kier alpha value is -1.42. The lowest BCUT2D eigenvalue weighted by atomic mass is 9.78. The number of amides is 1. The van der Waals surface area contributed by atoms with E-state index in [0.717, 1.165) is 24.9 Å². The number of rotatable bonds is 3. The summed E-state index contributed by atoms with van der Waals surface area (Å²) in [5, 5.41) is 0. The first-order chi connectivity index (χ1) is 8.74. The van der Waals surface area contributed by atoms with Gasteiger partial charge in [0.2, 0.25) is 5.91 Å². The predicted molar refractivity (Wildman–Crippen MR) is 72.1 cm³/mol. The first kappa shape index (κ1) is 13.0. The van der Waals surface area contributed by atoms with Crippen LogP contribution in [0.5, 0.6) is 0 Å². The summed E-state index contributed by atoms with van der Waals surface area (Å²) in [6.45, 7) is 0.608. The molecule has 4 nitrogen and oxygen atoms in total. The Morgan fingerprint density at radius 2 is 2.28 bits per heavy atom. The number of carbonyl (C=O) groups excluding carboxylic acids is 1. The number of pyridine rings is 1. The average molecular weight is 247 g/mol. The Morgan fingerprint density at radius 3 is 2.94 bits per heavy atom. The van der Waals surface area contributed by atoms with Crippen molar-refractivity contribution in [3.8, 4) is 0 Å². The molecular weight excluding hydrogens is 226 g/mol. The van der Waals surface area contributed by atoms with Gasteiger partial charge in [-0.3, -0.25) is 9.78 Å². The molecule has 2 rings (SSSR count). The molecule has 2 atom stereocenters. The van der Waals surface area contributed by atoms with E-state index in [4.69, 9.17) is 5.73 Å². The number of hydrogen-bond acceptors (Lipinski definition) is 3. The lowest BCUT2D eigenvalue weighted by molar-refractivity contribution is -0.124. The van der Waals surface area contributed by atoms with Crippen molar-refractivity contribution >= 4 is 11.6 Å². The maximum Gasteiger partial charge on any atom is 0.230 e. The Labute approximate surface area is 108 Å². The molecule has 0 aliphatic heterocycles. The lowest BCUT2D eigenvalue weighted by Gasteiger charge is -2.32. The fourth-order valence-electron chi connectivity index (χ4n) is 2.74. The van der Waals surface area contributed by atoms with Crippen LogP contribution in [0.25, 0.3) is 0 Å². The second-order valence-corrected chi connectivity index (χ2v) is 5.00. The first-order valence-corrected chi connectivity index (χ1v) is 6.61. The molecule has 1 heterocycles. The van der Waals surface area contributed by atoms with Crippen LogP contribution >= 0.6 is 0 Å². The van der Waals surface area contributed by atoms with Crippen molar-refractivity contribution in [2.24, 2.45) is 17.6 Å². The summed E-state index contributed by atoms with van der Waals surface area (Å²) in [4.78, 5) is 18.3. The van der Waals surface area contributed by atoms with Crippen molar-refractivity contribution in [2.75, 3.05) is 18.5 Å². The molecule has 2 unspecified atom stereocenters. The minimum absolute atomic E-state index is 0.0777. The van der Waals surface area contributed by atoms with Gasteiger partial charge in [-0.25, -0.2) is 0 Å². The van der Waals surface area contributed by atoms with Crippen LogP contribution in [0.4, 0.5) is 5.69 Å². The second-order valence-electron chi connectivity index (χ2n) is 5.00. The molecule has 1 aliphatic carbocycles. The van der Waals surface area contributed by atoms with E-state index in [1.807, 2.05) is 19.2 Å². The Kier molecular flexibility index (Phi) is 4.31. The molecule has 1 aromatic heterocycles. The molecule has 1 saturated carbocycles. The summed E-state index contributed by atoms with van der Waals surface area (Å²) >= 11 is 0. The Morgan fingerprint density at radius 1 is 1.50 bits per heavy atom. The van der Waals surface area contributed by atoms with Crippen molar-refractivity contribution in [1.29, 1.82) is 0 Å². The smallest absolute Gasteiger partial charge is 0.230 e. The maximum atomic E-state index is 12.5. The van der Waals surface area contributed by atoms with Gasteiger partial charge in [-0.2, -0.15) is 0 Å². The largest absolute Gasteiger partial charge is 0.330 e. The van der Waals surface area contributed by atoms with E-state index in [9.17, 15) is 4.79 Å². The number of anilines is 1. The van der Waals surface area contributed by atoms with Gasteiger partial charge in [0.05, 0.1) is 11.9 Å². The van der Waals surface area contributed by atoms with Crippen LogP contribution in [0.3, 0.4) is 0 Å². The van der Waals surface area contributed by atoms with Crippen molar-refractivity contribution in [3.63, 3.8) is 0 Å². The highest BCUT2D eigenvalue weighted by atomic mass is 16.2. The predicted octanol–water partition coefficient (Wildman–Crippen LogP) is 1.81. The summed E-state index contributed by atoms with van der Waals surface area (Å²) in [6.07, 6.45) is 7.80. The quantitative estimate of drug-likeness (QED) is 0.886. The van der Waals surface area contributed by atoms with Crippen molar-refractivity contribution in [1.82, 2.24) is 4.98 Å². The molecule has 2 N–H and O–H groups in total. The van der Waals surface area contributed by atoms with Crippen LogP contribution < -0.4 is 10.6 Å². The SMILES string of the molecule is CN(C(=O)C1CCCCC1CN)c1cccnc1. The van der Waals surface area contributed by atoms with Gasteiger partial charge < -0.3 is 10.6 Å². The molecule has 18 heavy (non-hydrogen) atoms. The van der Waals surface area contributed by atoms with Crippen LogP contribution in [0.2, 0.25) is 0 Å². The standard InChI is InChI=1S/C14H21N3O/c1-17(12-6-4-8-16-10-12)14(18)13-7-3-2-5-11(13)9-15/h4,6,8,10-11,13H,2-3,5,7,9,15H2,1H3. The number of aromatic nitrogens is 1. The van der Waals surface area contributed by atoms with E-state index in [1.54, 1.807) is 17.3 Å². The molecule has 1 aliphatic rings. The number of carbonyl (C=O) groups is 1. The Balaban J connectivity index is 2.10. The van der Waals surface area contributed by atoms with E-state index in [1.165, 1.54) is 6.42 Å². The van der Waals surface area contributed by atoms with Crippen LogP contribution in [0, 0.1) is 11.8 Å². The molecule has 98 valence electrons. The number of nitrogens with zero attached hydrogens (tertiary/aromatic N) is 2. The first-order valence-electron chi connectivity index (χ1n) is 6.61. The van der Waals surface area contributed by atoms with Crippen LogP contribution in [0.15, 0.2) is 24.5 Å². The summed E-state index contributed by atoms with van der Waals surface area (Å²) < 4.78 is 0. The lowest BCUT2D eigenvalue weighted by Crippen LogP contribution is -2.40. The van der Waals surface area contributed by atoms with Crippen LogP contribution in [-0.4, -0.2) is 24.5 Å². The summed E-state index contributed by atoms with van der Waals surface area (Å²) in [7, 11) is 1.82. The normalized spacial score (nSPS) is 23.7. The number of hydrogen-bond donors (Lipinski definition) is 1. The fraction of sp³-hybridized carbons (Fsp3) is 0.571. The van der Waals surface area contributed by atoms with Gasteiger partial charge in [0, 0.05) is 19.2 Å². The zero-order chi connectivity index (χ0) is 13.0. The maximum absolute atomic E-state index is 12.5. The van der Waals surface area contributed by atoms with Crippen molar-refractivity contribution in [3.05, 3.63) is 24.5 Å². The molecule has 1 amide bonds. The van der Waals surface area contributed by atoms with Gasteiger partial charge in [0.1, 0.15) is 0 Å².